The van der Waals surface area contributed by atoms with Crippen LogP contribution >= 0.6 is 0 Å². The summed E-state index contributed by atoms with van der Waals surface area (Å²) in [5.74, 6) is 4.61. The van der Waals surface area contributed by atoms with Crippen molar-refractivity contribution in [1.82, 2.24) is 21.1 Å². The smallest absolute Gasteiger partial charge is 0.267 e. The highest BCUT2D eigenvalue weighted by Crippen LogP contribution is 2.09. The van der Waals surface area contributed by atoms with Crippen molar-refractivity contribution in [2.75, 3.05) is 25.0 Å². The maximum atomic E-state index is 12.3. The molecule has 7 N–H and O–H groups in total. The lowest BCUT2D eigenvalue weighted by molar-refractivity contribution is -0.130. The van der Waals surface area contributed by atoms with E-state index in [1.54, 1.807) is 54.7 Å². The van der Waals surface area contributed by atoms with Crippen LogP contribution in [0, 0.1) is 11.8 Å². The summed E-state index contributed by atoms with van der Waals surface area (Å²) in [7, 11) is 0. The van der Waals surface area contributed by atoms with Crippen LogP contribution in [0.2, 0.25) is 0 Å². The summed E-state index contributed by atoms with van der Waals surface area (Å²) >= 11 is 0. The zero-order valence-corrected chi connectivity index (χ0v) is 20.0. The zero-order valence-electron chi connectivity index (χ0n) is 20.0. The van der Waals surface area contributed by atoms with E-state index in [2.05, 4.69) is 32.8 Å². The third kappa shape index (κ3) is 9.48. The molecule has 0 saturated heterocycles. The standard InChI is InChI=1S/C27H28N6O4.CH4/c28-17-24(27(36)33-37)32-26(35)21-10-6-19(7-11-21)4-5-20-8-12-23(13-9-20)31-25(34)18-29-16-14-22-3-1-2-15-30-22;/h1-3,6-13,15,24,29,37H,14,16-18,28H2,(H,31,34)(H,32,35)(H,33,36);1H4/t24-;/m0./s1. The van der Waals surface area contributed by atoms with Crippen molar-refractivity contribution in [2.45, 2.75) is 19.9 Å². The third-order valence-electron chi connectivity index (χ3n) is 5.20. The molecule has 198 valence electrons. The fourth-order valence-electron chi connectivity index (χ4n) is 3.21. The van der Waals surface area contributed by atoms with Crippen molar-refractivity contribution < 1.29 is 19.6 Å². The van der Waals surface area contributed by atoms with Gasteiger partial charge in [0.25, 0.3) is 11.8 Å². The van der Waals surface area contributed by atoms with E-state index in [9.17, 15) is 14.4 Å². The van der Waals surface area contributed by atoms with E-state index in [0.29, 0.717) is 23.4 Å². The average molecular weight is 517 g/mol. The Morgan fingerprint density at radius 1 is 0.947 bits per heavy atom. The molecule has 3 amide bonds. The van der Waals surface area contributed by atoms with E-state index >= 15 is 0 Å². The Labute approximate surface area is 222 Å². The Balaban J connectivity index is 0.00000507. The molecule has 0 unspecified atom stereocenters. The SMILES string of the molecule is C.NC[C@H](NC(=O)c1ccc(C#Cc2ccc(NC(=O)CNCCc3ccccn3)cc2)cc1)C(=O)NO. The van der Waals surface area contributed by atoms with Crippen LogP contribution in [0.25, 0.3) is 0 Å². The Kier molecular flexibility index (Phi) is 12.1. The molecule has 3 aromatic rings. The van der Waals surface area contributed by atoms with Crippen LogP contribution in [0.15, 0.2) is 72.9 Å². The lowest BCUT2D eigenvalue weighted by atomic mass is 10.1. The number of amides is 3. The van der Waals surface area contributed by atoms with E-state index in [1.165, 1.54) is 5.48 Å². The summed E-state index contributed by atoms with van der Waals surface area (Å²) < 4.78 is 0. The number of rotatable bonds is 10. The second kappa shape index (κ2) is 15.5. The Morgan fingerprint density at radius 2 is 1.61 bits per heavy atom. The molecule has 0 aliphatic heterocycles. The molecule has 1 heterocycles. The molecule has 0 spiro atoms. The number of carbonyl (C=O) groups excluding carboxylic acids is 3. The first-order chi connectivity index (χ1) is 18.0. The van der Waals surface area contributed by atoms with Gasteiger partial charge in [0.05, 0.1) is 6.54 Å². The number of hydroxylamine groups is 1. The predicted molar refractivity (Wildman–Crippen MR) is 145 cm³/mol. The summed E-state index contributed by atoms with van der Waals surface area (Å²) in [5.41, 5.74) is 10.3. The molecule has 1 aromatic heterocycles. The number of benzene rings is 2. The van der Waals surface area contributed by atoms with Crippen LogP contribution < -0.4 is 27.2 Å². The van der Waals surface area contributed by atoms with Gasteiger partial charge in [0.15, 0.2) is 0 Å². The Bertz CT molecular complexity index is 1250. The van der Waals surface area contributed by atoms with Gasteiger partial charge in [0.1, 0.15) is 6.04 Å². The first-order valence-corrected chi connectivity index (χ1v) is 11.6. The molecule has 10 heteroatoms. The largest absolute Gasteiger partial charge is 0.339 e. The van der Waals surface area contributed by atoms with Crippen LogP contribution in [0.1, 0.15) is 34.6 Å². The summed E-state index contributed by atoms with van der Waals surface area (Å²) in [6, 6.07) is 18.4. The highest BCUT2D eigenvalue weighted by molar-refractivity contribution is 5.97. The molecule has 0 saturated carbocycles. The maximum absolute atomic E-state index is 12.3. The minimum absolute atomic E-state index is 0. The van der Waals surface area contributed by atoms with Gasteiger partial charge in [-0.1, -0.05) is 25.3 Å². The number of hydrogen-bond acceptors (Lipinski definition) is 7. The number of anilines is 1. The second-order valence-corrected chi connectivity index (χ2v) is 7.94. The number of pyridine rings is 1. The van der Waals surface area contributed by atoms with Gasteiger partial charge in [0.2, 0.25) is 5.91 Å². The lowest BCUT2D eigenvalue weighted by Gasteiger charge is -2.14. The molecule has 0 fully saturated rings. The molecule has 0 bridgehead atoms. The third-order valence-corrected chi connectivity index (χ3v) is 5.20. The van der Waals surface area contributed by atoms with Crippen molar-refractivity contribution in [3.8, 4) is 11.8 Å². The normalized spacial score (nSPS) is 10.7. The van der Waals surface area contributed by atoms with Crippen LogP contribution in [-0.2, 0) is 16.0 Å². The van der Waals surface area contributed by atoms with Crippen LogP contribution in [0.5, 0.6) is 0 Å². The number of nitrogens with zero attached hydrogens (tertiary/aromatic N) is 1. The summed E-state index contributed by atoms with van der Waals surface area (Å²) in [6.45, 7) is 0.692. The highest BCUT2D eigenvalue weighted by atomic mass is 16.5. The van der Waals surface area contributed by atoms with E-state index < -0.39 is 17.9 Å². The molecule has 0 aliphatic carbocycles. The van der Waals surface area contributed by atoms with Crippen molar-refractivity contribution in [3.63, 3.8) is 0 Å². The van der Waals surface area contributed by atoms with E-state index in [1.807, 2.05) is 18.2 Å². The summed E-state index contributed by atoms with van der Waals surface area (Å²) in [5, 5.41) is 17.1. The van der Waals surface area contributed by atoms with Gasteiger partial charge < -0.3 is 21.7 Å². The minimum atomic E-state index is -1.04. The summed E-state index contributed by atoms with van der Waals surface area (Å²) in [4.78, 5) is 40.1. The van der Waals surface area contributed by atoms with Crippen molar-refractivity contribution >= 4 is 23.4 Å². The first-order valence-electron chi connectivity index (χ1n) is 11.6. The van der Waals surface area contributed by atoms with Gasteiger partial charge in [-0.25, -0.2) is 5.48 Å². The van der Waals surface area contributed by atoms with Gasteiger partial charge in [-0.3, -0.25) is 24.6 Å². The van der Waals surface area contributed by atoms with Crippen molar-refractivity contribution in [1.29, 1.82) is 0 Å². The first kappa shape index (κ1) is 29.7. The van der Waals surface area contributed by atoms with Gasteiger partial charge in [-0.15, -0.1) is 0 Å². The molecular formula is C28H32N6O4. The molecule has 38 heavy (non-hydrogen) atoms. The Morgan fingerprint density at radius 3 is 2.18 bits per heavy atom. The van der Waals surface area contributed by atoms with Crippen LogP contribution in [-0.4, -0.2) is 53.6 Å². The monoisotopic (exact) mass is 516 g/mol. The van der Waals surface area contributed by atoms with Crippen molar-refractivity contribution in [2.24, 2.45) is 5.73 Å². The molecule has 0 aliphatic rings. The molecule has 10 nitrogen and oxygen atoms in total. The number of nitrogens with two attached hydrogens (primary N) is 1. The van der Waals surface area contributed by atoms with E-state index in [0.717, 1.165) is 17.7 Å². The Hall–Kier alpha value is -4.56. The van der Waals surface area contributed by atoms with Gasteiger partial charge in [0, 0.05) is 53.8 Å². The molecular weight excluding hydrogens is 484 g/mol. The van der Waals surface area contributed by atoms with Gasteiger partial charge >= 0.3 is 0 Å². The van der Waals surface area contributed by atoms with Crippen LogP contribution in [0.4, 0.5) is 5.69 Å². The molecule has 3 rings (SSSR count). The topological polar surface area (TPSA) is 158 Å². The fourth-order valence-corrected chi connectivity index (χ4v) is 3.21. The minimum Gasteiger partial charge on any atom is -0.339 e. The van der Waals surface area contributed by atoms with Crippen molar-refractivity contribution in [3.05, 3.63) is 95.3 Å². The van der Waals surface area contributed by atoms with Crippen LogP contribution in [0.3, 0.4) is 0 Å². The molecule has 2 aromatic carbocycles. The van der Waals surface area contributed by atoms with Gasteiger partial charge in [-0.2, -0.15) is 0 Å². The predicted octanol–water partition coefficient (Wildman–Crippen LogP) is 1.45. The molecule has 1 atom stereocenters. The number of carbonyl (C=O) groups is 3. The van der Waals surface area contributed by atoms with E-state index in [-0.39, 0.29) is 26.4 Å². The summed E-state index contributed by atoms with van der Waals surface area (Å²) in [6.07, 6.45) is 2.49. The van der Waals surface area contributed by atoms with Gasteiger partial charge in [-0.05, 0) is 60.7 Å². The maximum Gasteiger partial charge on any atom is 0.267 e. The zero-order chi connectivity index (χ0) is 26.5. The lowest BCUT2D eigenvalue weighted by Crippen LogP contribution is -2.50. The second-order valence-electron chi connectivity index (χ2n) is 7.94. The number of aromatic nitrogens is 1. The quantitative estimate of drug-likeness (QED) is 0.103. The van der Waals surface area contributed by atoms with E-state index in [4.69, 9.17) is 10.9 Å². The number of nitrogens with one attached hydrogen (secondary N) is 4. The molecule has 0 radical (unpaired) electrons. The number of hydrogen-bond donors (Lipinski definition) is 6. The average Bonchev–Trinajstić information content (AvgIpc) is 2.94. The fraction of sp³-hybridized carbons (Fsp3) is 0.214. The highest BCUT2D eigenvalue weighted by Gasteiger charge is 2.19.